The van der Waals surface area contributed by atoms with Gasteiger partial charge in [-0.25, -0.2) is 8.42 Å². The lowest BCUT2D eigenvalue weighted by molar-refractivity contribution is -0.0553. The lowest BCUT2D eigenvalue weighted by atomic mass is 9.74. The summed E-state index contributed by atoms with van der Waals surface area (Å²) >= 11 is 1.27. The van der Waals surface area contributed by atoms with Gasteiger partial charge in [-0.05, 0) is 47.5 Å². The van der Waals surface area contributed by atoms with Crippen LogP contribution in [0.2, 0.25) is 0 Å². The number of aliphatic hydroxyl groups excluding tert-OH is 1. The molecule has 178 valence electrons. The summed E-state index contributed by atoms with van der Waals surface area (Å²) in [6.45, 7) is 1.98. The number of rotatable bonds is 6. The van der Waals surface area contributed by atoms with Gasteiger partial charge in [-0.1, -0.05) is 72.8 Å². The number of benzene rings is 2. The third-order valence-electron chi connectivity index (χ3n) is 7.01. The lowest BCUT2D eigenvalue weighted by Gasteiger charge is -2.57. The monoisotopic (exact) mass is 494 g/mol. The molecule has 2 aliphatic heterocycles. The van der Waals surface area contributed by atoms with Crippen molar-refractivity contribution in [2.24, 2.45) is 0 Å². The van der Waals surface area contributed by atoms with Crippen molar-refractivity contribution in [2.45, 2.75) is 35.1 Å². The third kappa shape index (κ3) is 4.63. The maximum Gasteiger partial charge on any atom is 0.252 e. The molecule has 2 aliphatic rings. The summed E-state index contributed by atoms with van der Waals surface area (Å²) < 4.78 is 28.6. The molecular formula is C27H30N2O3S2. The van der Waals surface area contributed by atoms with E-state index in [1.165, 1.54) is 11.3 Å². The standard InChI is InChI=1S/C27H30N2O3S2/c30-20-25-27(23-14-12-22(13-15-23)11-10-21-7-2-1-3-8-21)24-19-28(16-4-5-17-29(24)25)34(31,32)26-9-6-18-33-26/h1-3,6-15,18,24-25,27,30H,4-5,16-17,19-20H2/b11-10+/t24-,25+,27+/m0/s1. The molecule has 3 aromatic rings. The van der Waals surface area contributed by atoms with Crippen LogP contribution < -0.4 is 0 Å². The minimum Gasteiger partial charge on any atom is -0.395 e. The Hall–Kier alpha value is -2.29. The van der Waals surface area contributed by atoms with Crippen LogP contribution in [0.25, 0.3) is 12.2 Å². The highest BCUT2D eigenvalue weighted by molar-refractivity contribution is 7.91. The fourth-order valence-electron chi connectivity index (χ4n) is 5.25. The second kappa shape index (κ2) is 10.1. The Labute approximate surface area is 206 Å². The minimum absolute atomic E-state index is 0.0279. The van der Waals surface area contributed by atoms with Crippen LogP contribution in [0.15, 0.2) is 76.3 Å². The van der Waals surface area contributed by atoms with E-state index in [4.69, 9.17) is 0 Å². The summed E-state index contributed by atoms with van der Waals surface area (Å²) in [5, 5.41) is 12.0. The van der Waals surface area contributed by atoms with Crippen molar-refractivity contribution in [2.75, 3.05) is 26.2 Å². The van der Waals surface area contributed by atoms with Gasteiger partial charge >= 0.3 is 0 Å². The van der Waals surface area contributed by atoms with E-state index in [2.05, 4.69) is 53.5 Å². The number of aliphatic hydroxyl groups is 1. The average molecular weight is 495 g/mol. The highest BCUT2D eigenvalue weighted by Crippen LogP contribution is 2.42. The molecule has 34 heavy (non-hydrogen) atoms. The minimum atomic E-state index is -3.50. The lowest BCUT2D eigenvalue weighted by Crippen LogP contribution is -2.67. The van der Waals surface area contributed by atoms with E-state index in [9.17, 15) is 13.5 Å². The fourth-order valence-corrected chi connectivity index (χ4v) is 7.89. The van der Waals surface area contributed by atoms with Crippen molar-refractivity contribution in [1.29, 1.82) is 0 Å². The number of hydrogen-bond donors (Lipinski definition) is 1. The summed E-state index contributed by atoms with van der Waals surface area (Å²) in [6, 6.07) is 22.2. The van der Waals surface area contributed by atoms with Crippen LogP contribution in [0.3, 0.4) is 0 Å². The first-order chi connectivity index (χ1) is 16.6. The Balaban J connectivity index is 1.37. The summed E-state index contributed by atoms with van der Waals surface area (Å²) in [5.74, 6) is 0.108. The maximum absolute atomic E-state index is 13.3. The Bertz CT molecular complexity index is 1210. The molecule has 3 atom stereocenters. The Morgan fingerprint density at radius 1 is 0.912 bits per heavy atom. The van der Waals surface area contributed by atoms with Crippen LogP contribution in [0, 0.1) is 0 Å². The molecule has 0 spiro atoms. The summed E-state index contributed by atoms with van der Waals surface area (Å²) in [7, 11) is -3.50. The molecule has 1 aromatic heterocycles. The van der Waals surface area contributed by atoms with Gasteiger partial charge in [0.25, 0.3) is 10.0 Å². The van der Waals surface area contributed by atoms with Gasteiger partial charge < -0.3 is 5.11 Å². The zero-order chi connectivity index (χ0) is 23.5. The van der Waals surface area contributed by atoms with Crippen LogP contribution in [0.4, 0.5) is 0 Å². The van der Waals surface area contributed by atoms with Crippen molar-refractivity contribution >= 4 is 33.5 Å². The van der Waals surface area contributed by atoms with E-state index in [-0.39, 0.29) is 24.6 Å². The van der Waals surface area contributed by atoms with Gasteiger partial charge in [0.15, 0.2) is 0 Å². The Kier molecular flexibility index (Phi) is 6.99. The van der Waals surface area contributed by atoms with E-state index in [0.29, 0.717) is 17.3 Å². The highest BCUT2D eigenvalue weighted by Gasteiger charge is 2.50. The van der Waals surface area contributed by atoms with Crippen molar-refractivity contribution in [3.05, 3.63) is 88.8 Å². The van der Waals surface area contributed by atoms with Gasteiger partial charge in [0.05, 0.1) is 6.61 Å². The summed E-state index contributed by atoms with van der Waals surface area (Å²) in [4.78, 5) is 2.31. The quantitative estimate of drug-likeness (QED) is 0.512. The van der Waals surface area contributed by atoms with E-state index in [0.717, 1.165) is 36.1 Å². The molecule has 2 saturated heterocycles. The van der Waals surface area contributed by atoms with Gasteiger partial charge in [0.2, 0.25) is 0 Å². The van der Waals surface area contributed by atoms with Crippen LogP contribution in [-0.4, -0.2) is 61.1 Å². The number of fused-ring (bicyclic) bond motifs is 1. The molecule has 0 amide bonds. The highest BCUT2D eigenvalue weighted by atomic mass is 32.2. The first-order valence-corrected chi connectivity index (χ1v) is 14.1. The van der Waals surface area contributed by atoms with Crippen molar-refractivity contribution in [1.82, 2.24) is 9.21 Å². The van der Waals surface area contributed by atoms with Crippen LogP contribution in [0.5, 0.6) is 0 Å². The SMILES string of the molecule is O=S(=O)(c1cccs1)N1CCCCN2[C@H](CO)[C@H](c3ccc(/C=C/c4ccccc4)cc3)[C@@H]2C1. The molecule has 5 rings (SSSR count). The second-order valence-electron chi connectivity index (χ2n) is 8.99. The molecule has 3 heterocycles. The third-order valence-corrected chi connectivity index (χ3v) is 10.2. The van der Waals surface area contributed by atoms with Crippen molar-refractivity contribution < 1.29 is 13.5 Å². The van der Waals surface area contributed by atoms with Crippen molar-refractivity contribution in [3.8, 4) is 0 Å². The molecule has 0 bridgehead atoms. The number of hydrogen-bond acceptors (Lipinski definition) is 5. The average Bonchev–Trinajstić information content (AvgIpc) is 3.39. The van der Waals surface area contributed by atoms with E-state index in [1.54, 1.807) is 16.4 Å². The zero-order valence-corrected chi connectivity index (χ0v) is 20.7. The molecule has 1 N–H and O–H groups in total. The van der Waals surface area contributed by atoms with Crippen LogP contribution in [-0.2, 0) is 10.0 Å². The fraction of sp³-hybridized carbons (Fsp3) is 0.333. The van der Waals surface area contributed by atoms with E-state index in [1.807, 2.05) is 23.6 Å². The molecule has 0 radical (unpaired) electrons. The molecule has 5 nitrogen and oxygen atoms in total. The Morgan fingerprint density at radius 2 is 1.62 bits per heavy atom. The largest absolute Gasteiger partial charge is 0.395 e. The number of sulfonamides is 1. The van der Waals surface area contributed by atoms with Gasteiger partial charge in [0.1, 0.15) is 4.21 Å². The topological polar surface area (TPSA) is 60.9 Å². The first kappa shape index (κ1) is 23.5. The molecule has 0 saturated carbocycles. The first-order valence-electron chi connectivity index (χ1n) is 11.8. The second-order valence-corrected chi connectivity index (χ2v) is 12.1. The van der Waals surface area contributed by atoms with Crippen molar-refractivity contribution in [3.63, 3.8) is 0 Å². The molecule has 0 unspecified atom stereocenters. The van der Waals surface area contributed by atoms with E-state index < -0.39 is 10.0 Å². The van der Waals surface area contributed by atoms with E-state index >= 15 is 0 Å². The zero-order valence-electron chi connectivity index (χ0n) is 19.0. The van der Waals surface area contributed by atoms with Gasteiger partial charge in [-0.2, -0.15) is 4.31 Å². The molecule has 7 heteroatoms. The smallest absolute Gasteiger partial charge is 0.252 e. The molecule has 0 aliphatic carbocycles. The predicted octanol–water partition coefficient (Wildman–Crippen LogP) is 4.53. The summed E-state index contributed by atoms with van der Waals surface area (Å²) in [6.07, 6.45) is 5.96. The predicted molar refractivity (Wildman–Crippen MR) is 138 cm³/mol. The number of thiophene rings is 1. The van der Waals surface area contributed by atoms with Crippen LogP contribution in [0.1, 0.15) is 35.4 Å². The molecule has 2 fully saturated rings. The van der Waals surface area contributed by atoms with Gasteiger partial charge in [-0.3, -0.25) is 4.90 Å². The van der Waals surface area contributed by atoms with Crippen LogP contribution >= 0.6 is 11.3 Å². The normalized spacial score (nSPS) is 24.3. The molecular weight excluding hydrogens is 464 g/mol. The molecule has 2 aromatic carbocycles. The van der Waals surface area contributed by atoms with Gasteiger partial charge in [-0.15, -0.1) is 11.3 Å². The maximum atomic E-state index is 13.3. The van der Waals surface area contributed by atoms with Gasteiger partial charge in [0, 0.05) is 31.1 Å². The number of nitrogens with zero attached hydrogens (tertiary/aromatic N) is 2. The summed E-state index contributed by atoms with van der Waals surface area (Å²) in [5.41, 5.74) is 3.43. The Morgan fingerprint density at radius 3 is 2.29 bits per heavy atom.